The number of carbonyl (C=O) groups excluding carboxylic acids is 1. The Kier molecular flexibility index (Phi) is 5.37. The second-order valence-corrected chi connectivity index (χ2v) is 5.57. The lowest BCUT2D eigenvalue weighted by Gasteiger charge is -2.25. The van der Waals surface area contributed by atoms with Crippen molar-refractivity contribution in [2.75, 3.05) is 26.3 Å². The van der Waals surface area contributed by atoms with Crippen LogP contribution in [0.25, 0.3) is 0 Å². The van der Waals surface area contributed by atoms with Crippen LogP contribution >= 0.6 is 0 Å². The van der Waals surface area contributed by atoms with Gasteiger partial charge < -0.3 is 19.5 Å². The van der Waals surface area contributed by atoms with E-state index in [0.717, 1.165) is 25.9 Å². The van der Waals surface area contributed by atoms with Gasteiger partial charge in [0, 0.05) is 19.7 Å². The second kappa shape index (κ2) is 7.04. The molecule has 0 aliphatic carbocycles. The Morgan fingerprint density at radius 2 is 2.20 bits per heavy atom. The third kappa shape index (κ3) is 3.93. The predicted molar refractivity (Wildman–Crippen MR) is 71.3 cm³/mol. The van der Waals surface area contributed by atoms with E-state index < -0.39 is 18.0 Å². The fraction of sp³-hybridized carbons (Fsp3) is 0.857. The van der Waals surface area contributed by atoms with Gasteiger partial charge in [0.05, 0.1) is 18.6 Å². The lowest BCUT2D eigenvalue weighted by atomic mass is 10.1. The molecule has 0 aromatic rings. The van der Waals surface area contributed by atoms with E-state index >= 15 is 0 Å². The normalized spacial score (nSPS) is 28.4. The number of ether oxygens (including phenoxy) is 2. The third-order valence-corrected chi connectivity index (χ3v) is 4.00. The van der Waals surface area contributed by atoms with Crippen molar-refractivity contribution in [2.24, 2.45) is 5.92 Å². The summed E-state index contributed by atoms with van der Waals surface area (Å²) in [6.07, 6.45) is 3.29. The first kappa shape index (κ1) is 15.3. The maximum absolute atomic E-state index is 12.2. The van der Waals surface area contributed by atoms with Gasteiger partial charge in [-0.15, -0.1) is 0 Å². The lowest BCUT2D eigenvalue weighted by molar-refractivity contribution is -0.146. The van der Waals surface area contributed by atoms with Gasteiger partial charge in [0.25, 0.3) is 5.91 Å². The number of carboxylic acids is 1. The van der Waals surface area contributed by atoms with E-state index in [1.54, 1.807) is 11.8 Å². The Morgan fingerprint density at radius 1 is 1.40 bits per heavy atom. The minimum Gasteiger partial charge on any atom is -0.481 e. The van der Waals surface area contributed by atoms with Gasteiger partial charge in [-0.3, -0.25) is 9.59 Å². The molecule has 0 saturated carbocycles. The highest BCUT2D eigenvalue weighted by Crippen LogP contribution is 2.18. The zero-order valence-electron chi connectivity index (χ0n) is 11.9. The smallest absolute Gasteiger partial charge is 0.308 e. The van der Waals surface area contributed by atoms with Crippen molar-refractivity contribution in [2.45, 2.75) is 44.8 Å². The number of rotatable bonds is 5. The highest BCUT2D eigenvalue weighted by atomic mass is 16.5. The van der Waals surface area contributed by atoms with Crippen LogP contribution in [-0.4, -0.2) is 60.4 Å². The molecule has 2 saturated heterocycles. The standard InChI is InChI=1S/C14H23NO5/c1-10(20-9-12-4-2-3-7-19-12)13(16)15-6-5-11(8-15)14(17)18/h10-12H,2-9H2,1H3,(H,17,18)/t10-,11-,12+/m0/s1. The highest BCUT2D eigenvalue weighted by molar-refractivity contribution is 5.82. The number of nitrogens with zero attached hydrogens (tertiary/aromatic N) is 1. The largest absolute Gasteiger partial charge is 0.481 e. The summed E-state index contributed by atoms with van der Waals surface area (Å²) in [6, 6.07) is 0. The summed E-state index contributed by atoms with van der Waals surface area (Å²) in [5.74, 6) is -1.39. The first-order valence-corrected chi connectivity index (χ1v) is 7.32. The van der Waals surface area contributed by atoms with Crippen molar-refractivity contribution < 1.29 is 24.2 Å². The molecule has 6 nitrogen and oxygen atoms in total. The molecule has 2 aliphatic rings. The van der Waals surface area contributed by atoms with Crippen molar-refractivity contribution in [1.29, 1.82) is 0 Å². The van der Waals surface area contributed by atoms with Gasteiger partial charge in [-0.2, -0.15) is 0 Å². The predicted octanol–water partition coefficient (Wildman–Crippen LogP) is 0.894. The van der Waals surface area contributed by atoms with Gasteiger partial charge >= 0.3 is 5.97 Å². The number of hydrogen-bond donors (Lipinski definition) is 1. The maximum atomic E-state index is 12.2. The van der Waals surface area contributed by atoms with Crippen molar-refractivity contribution in [3.05, 3.63) is 0 Å². The number of hydrogen-bond acceptors (Lipinski definition) is 4. The number of likely N-dealkylation sites (tertiary alicyclic amines) is 1. The Morgan fingerprint density at radius 3 is 2.80 bits per heavy atom. The Bertz CT molecular complexity index is 353. The Labute approximate surface area is 119 Å². The highest BCUT2D eigenvalue weighted by Gasteiger charge is 2.33. The van der Waals surface area contributed by atoms with Crippen molar-refractivity contribution in [3.8, 4) is 0 Å². The summed E-state index contributed by atoms with van der Waals surface area (Å²) in [5, 5.41) is 8.94. The van der Waals surface area contributed by atoms with Crippen LogP contribution < -0.4 is 0 Å². The number of aliphatic carboxylic acids is 1. The van der Waals surface area contributed by atoms with Gasteiger partial charge in [0.1, 0.15) is 6.10 Å². The minimum atomic E-state index is -0.829. The van der Waals surface area contributed by atoms with Gasteiger partial charge in [-0.05, 0) is 32.6 Å². The topological polar surface area (TPSA) is 76.1 Å². The number of carbonyl (C=O) groups is 2. The zero-order valence-corrected chi connectivity index (χ0v) is 11.9. The summed E-state index contributed by atoms with van der Waals surface area (Å²) in [5.41, 5.74) is 0. The molecule has 0 bridgehead atoms. The van der Waals surface area contributed by atoms with Crippen molar-refractivity contribution in [3.63, 3.8) is 0 Å². The molecule has 6 heteroatoms. The lowest BCUT2D eigenvalue weighted by Crippen LogP contribution is -2.39. The van der Waals surface area contributed by atoms with Gasteiger partial charge in [0.15, 0.2) is 0 Å². The molecule has 20 heavy (non-hydrogen) atoms. The molecule has 2 fully saturated rings. The van der Waals surface area contributed by atoms with E-state index in [9.17, 15) is 9.59 Å². The van der Waals surface area contributed by atoms with Crippen molar-refractivity contribution in [1.82, 2.24) is 4.90 Å². The summed E-state index contributed by atoms with van der Waals surface area (Å²) < 4.78 is 11.1. The van der Waals surface area contributed by atoms with E-state index in [0.29, 0.717) is 26.1 Å². The fourth-order valence-electron chi connectivity index (χ4n) is 2.68. The first-order chi connectivity index (χ1) is 9.58. The van der Waals surface area contributed by atoms with Gasteiger partial charge in [0.2, 0.25) is 0 Å². The monoisotopic (exact) mass is 285 g/mol. The first-order valence-electron chi connectivity index (χ1n) is 7.32. The van der Waals surface area contributed by atoms with E-state index in [4.69, 9.17) is 14.6 Å². The molecule has 114 valence electrons. The fourth-order valence-corrected chi connectivity index (χ4v) is 2.68. The summed E-state index contributed by atoms with van der Waals surface area (Å²) in [7, 11) is 0. The molecule has 0 aromatic carbocycles. The van der Waals surface area contributed by atoms with E-state index in [2.05, 4.69) is 0 Å². The molecule has 0 unspecified atom stereocenters. The SMILES string of the molecule is C[C@H](OC[C@H]1CCCCO1)C(=O)N1CC[C@H](C(=O)O)C1. The summed E-state index contributed by atoms with van der Waals surface area (Å²) in [6.45, 7) is 3.72. The Hall–Kier alpha value is -1.14. The van der Waals surface area contributed by atoms with Crippen molar-refractivity contribution >= 4 is 11.9 Å². The quantitative estimate of drug-likeness (QED) is 0.812. The summed E-state index contributed by atoms with van der Waals surface area (Å²) >= 11 is 0. The average Bonchev–Trinajstić information content (AvgIpc) is 2.95. The van der Waals surface area contributed by atoms with E-state index in [-0.39, 0.29) is 12.0 Å². The van der Waals surface area contributed by atoms with Crippen LogP contribution in [0.5, 0.6) is 0 Å². The molecule has 1 N–H and O–H groups in total. The van der Waals surface area contributed by atoms with Crippen LogP contribution in [0.15, 0.2) is 0 Å². The Balaban J connectivity index is 1.73. The zero-order chi connectivity index (χ0) is 14.5. The second-order valence-electron chi connectivity index (χ2n) is 5.57. The number of amides is 1. The van der Waals surface area contributed by atoms with Crippen LogP contribution in [0.2, 0.25) is 0 Å². The van der Waals surface area contributed by atoms with E-state index in [1.807, 2.05) is 0 Å². The molecular weight excluding hydrogens is 262 g/mol. The molecule has 2 heterocycles. The number of carboxylic acid groups (broad SMARTS) is 1. The summed E-state index contributed by atoms with van der Waals surface area (Å²) in [4.78, 5) is 24.6. The molecule has 2 rings (SSSR count). The van der Waals surface area contributed by atoms with Gasteiger partial charge in [-0.1, -0.05) is 0 Å². The maximum Gasteiger partial charge on any atom is 0.308 e. The van der Waals surface area contributed by atoms with Crippen LogP contribution in [0.4, 0.5) is 0 Å². The molecular formula is C14H23NO5. The molecule has 1 amide bonds. The molecule has 0 aromatic heterocycles. The molecule has 0 spiro atoms. The van der Waals surface area contributed by atoms with Gasteiger partial charge in [-0.25, -0.2) is 0 Å². The average molecular weight is 285 g/mol. The van der Waals surface area contributed by atoms with E-state index in [1.165, 1.54) is 0 Å². The third-order valence-electron chi connectivity index (χ3n) is 4.00. The van der Waals surface area contributed by atoms with Crippen LogP contribution in [-0.2, 0) is 19.1 Å². The molecule has 2 aliphatic heterocycles. The molecule has 3 atom stereocenters. The minimum absolute atomic E-state index is 0.0874. The molecule has 0 radical (unpaired) electrons. The van der Waals surface area contributed by atoms with Crippen LogP contribution in [0.1, 0.15) is 32.6 Å². The van der Waals surface area contributed by atoms with Crippen LogP contribution in [0.3, 0.4) is 0 Å². The van der Waals surface area contributed by atoms with Crippen LogP contribution in [0, 0.1) is 5.92 Å².